The SMILES string of the molecule is CCc1cc2c(NC3CCCN(C(=O)OC)C3)ncnc2s1. The predicted molar refractivity (Wildman–Crippen MR) is 87.4 cm³/mol. The molecule has 1 unspecified atom stereocenters. The van der Waals surface area contributed by atoms with Crippen LogP contribution in [0.5, 0.6) is 0 Å². The quantitative estimate of drug-likeness (QED) is 0.942. The molecule has 0 aromatic carbocycles. The van der Waals surface area contributed by atoms with Crippen LogP contribution in [0, 0.1) is 0 Å². The van der Waals surface area contributed by atoms with Gasteiger partial charge in [-0.25, -0.2) is 14.8 Å². The maximum Gasteiger partial charge on any atom is 0.409 e. The Morgan fingerprint density at radius 1 is 1.55 bits per heavy atom. The van der Waals surface area contributed by atoms with Crippen molar-refractivity contribution in [2.45, 2.75) is 32.2 Å². The first-order chi connectivity index (χ1) is 10.7. The number of fused-ring (bicyclic) bond motifs is 1. The van der Waals surface area contributed by atoms with Gasteiger partial charge in [0.2, 0.25) is 0 Å². The molecule has 1 fully saturated rings. The molecule has 7 heteroatoms. The number of nitrogens with zero attached hydrogens (tertiary/aromatic N) is 3. The van der Waals surface area contributed by atoms with Gasteiger partial charge in [0.25, 0.3) is 0 Å². The zero-order chi connectivity index (χ0) is 15.5. The summed E-state index contributed by atoms with van der Waals surface area (Å²) in [6.07, 6.45) is 4.32. The summed E-state index contributed by atoms with van der Waals surface area (Å²) in [6.45, 7) is 3.53. The molecule has 0 radical (unpaired) electrons. The van der Waals surface area contributed by atoms with Gasteiger partial charge in [-0.1, -0.05) is 6.92 Å². The van der Waals surface area contributed by atoms with Crippen molar-refractivity contribution in [1.82, 2.24) is 14.9 Å². The maximum absolute atomic E-state index is 11.7. The molecule has 0 aliphatic carbocycles. The normalized spacial score (nSPS) is 18.5. The van der Waals surface area contributed by atoms with Crippen LogP contribution in [0.4, 0.5) is 10.6 Å². The van der Waals surface area contributed by atoms with Crippen LogP contribution >= 0.6 is 11.3 Å². The lowest BCUT2D eigenvalue weighted by Crippen LogP contribution is -2.45. The Balaban J connectivity index is 1.78. The second-order valence-electron chi connectivity index (χ2n) is 5.41. The second kappa shape index (κ2) is 6.48. The van der Waals surface area contributed by atoms with Crippen molar-refractivity contribution in [2.75, 3.05) is 25.5 Å². The first-order valence-electron chi connectivity index (χ1n) is 7.54. The van der Waals surface area contributed by atoms with Crippen molar-refractivity contribution in [1.29, 1.82) is 0 Å². The molecular formula is C15H20N4O2S. The van der Waals surface area contributed by atoms with Crippen molar-refractivity contribution in [3.63, 3.8) is 0 Å². The Labute approximate surface area is 133 Å². The van der Waals surface area contributed by atoms with Crippen LogP contribution in [0.15, 0.2) is 12.4 Å². The first-order valence-corrected chi connectivity index (χ1v) is 8.35. The molecule has 1 atom stereocenters. The average Bonchev–Trinajstić information content (AvgIpc) is 2.99. The van der Waals surface area contributed by atoms with Crippen molar-refractivity contribution in [3.05, 3.63) is 17.3 Å². The number of carbonyl (C=O) groups is 1. The summed E-state index contributed by atoms with van der Waals surface area (Å²) in [4.78, 5) is 24.5. The number of amides is 1. The fourth-order valence-electron chi connectivity index (χ4n) is 2.78. The van der Waals surface area contributed by atoms with E-state index in [1.165, 1.54) is 12.0 Å². The van der Waals surface area contributed by atoms with Crippen LogP contribution in [-0.2, 0) is 11.2 Å². The standard InChI is InChI=1S/C15H20N4O2S/c1-3-11-7-12-13(16-9-17-14(12)22-11)18-10-5-4-6-19(8-10)15(20)21-2/h7,9-10H,3-6,8H2,1-2H3,(H,16,17,18). The number of likely N-dealkylation sites (tertiary alicyclic amines) is 1. The van der Waals surface area contributed by atoms with Gasteiger partial charge >= 0.3 is 6.09 Å². The number of hydrogen-bond donors (Lipinski definition) is 1. The van der Waals surface area contributed by atoms with E-state index in [0.717, 1.165) is 41.8 Å². The van der Waals surface area contributed by atoms with E-state index in [9.17, 15) is 4.79 Å². The zero-order valence-corrected chi connectivity index (χ0v) is 13.7. The van der Waals surface area contributed by atoms with E-state index in [1.54, 1.807) is 22.6 Å². The molecule has 0 saturated carbocycles. The topological polar surface area (TPSA) is 67.4 Å². The number of aromatic nitrogens is 2. The highest BCUT2D eigenvalue weighted by Gasteiger charge is 2.24. The molecule has 118 valence electrons. The Morgan fingerprint density at radius 3 is 3.18 bits per heavy atom. The number of aryl methyl sites for hydroxylation is 1. The summed E-state index contributed by atoms with van der Waals surface area (Å²) in [5, 5.41) is 4.55. The van der Waals surface area contributed by atoms with Gasteiger partial charge in [-0.2, -0.15) is 0 Å². The summed E-state index contributed by atoms with van der Waals surface area (Å²) in [5.74, 6) is 0.859. The summed E-state index contributed by atoms with van der Waals surface area (Å²) < 4.78 is 4.81. The lowest BCUT2D eigenvalue weighted by Gasteiger charge is -2.32. The van der Waals surface area contributed by atoms with Gasteiger partial charge in [0.15, 0.2) is 0 Å². The highest BCUT2D eigenvalue weighted by Crippen LogP contribution is 2.29. The summed E-state index contributed by atoms with van der Waals surface area (Å²) in [7, 11) is 1.42. The van der Waals surface area contributed by atoms with Crippen LogP contribution in [0.1, 0.15) is 24.6 Å². The highest BCUT2D eigenvalue weighted by atomic mass is 32.1. The molecule has 1 aliphatic heterocycles. The van der Waals surface area contributed by atoms with Crippen molar-refractivity contribution in [2.24, 2.45) is 0 Å². The summed E-state index contributed by atoms with van der Waals surface area (Å²) >= 11 is 1.71. The molecule has 3 rings (SSSR count). The van der Waals surface area contributed by atoms with E-state index in [-0.39, 0.29) is 12.1 Å². The Morgan fingerprint density at radius 2 is 2.41 bits per heavy atom. The Kier molecular flexibility index (Phi) is 4.42. The fourth-order valence-corrected chi connectivity index (χ4v) is 3.71. The van der Waals surface area contributed by atoms with E-state index in [0.29, 0.717) is 6.54 Å². The molecule has 0 spiro atoms. The number of thiophene rings is 1. The minimum Gasteiger partial charge on any atom is -0.453 e. The van der Waals surface area contributed by atoms with E-state index in [1.807, 2.05) is 0 Å². The van der Waals surface area contributed by atoms with Gasteiger partial charge in [0, 0.05) is 24.0 Å². The van der Waals surface area contributed by atoms with Crippen molar-refractivity contribution >= 4 is 33.5 Å². The number of carbonyl (C=O) groups excluding carboxylic acids is 1. The number of rotatable bonds is 3. The van der Waals surface area contributed by atoms with E-state index in [2.05, 4.69) is 28.3 Å². The molecule has 1 aliphatic rings. The van der Waals surface area contributed by atoms with E-state index < -0.39 is 0 Å². The van der Waals surface area contributed by atoms with Crippen LogP contribution in [0.3, 0.4) is 0 Å². The number of hydrogen-bond acceptors (Lipinski definition) is 6. The third-order valence-corrected chi connectivity index (χ3v) is 5.11. The molecule has 6 nitrogen and oxygen atoms in total. The van der Waals surface area contributed by atoms with Crippen molar-refractivity contribution < 1.29 is 9.53 Å². The molecular weight excluding hydrogens is 300 g/mol. The summed E-state index contributed by atoms with van der Waals surface area (Å²) in [5.41, 5.74) is 0. The molecule has 3 heterocycles. The lowest BCUT2D eigenvalue weighted by molar-refractivity contribution is 0.113. The Bertz CT molecular complexity index is 673. The molecule has 2 aromatic rings. The molecule has 1 amide bonds. The maximum atomic E-state index is 11.7. The van der Waals surface area contributed by atoms with Crippen molar-refractivity contribution in [3.8, 4) is 0 Å². The molecule has 0 bridgehead atoms. The highest BCUT2D eigenvalue weighted by molar-refractivity contribution is 7.18. The Hall–Kier alpha value is -1.89. The van der Waals surface area contributed by atoms with E-state index in [4.69, 9.17) is 4.74 Å². The number of ether oxygens (including phenoxy) is 1. The largest absolute Gasteiger partial charge is 0.453 e. The number of nitrogens with one attached hydrogen (secondary N) is 1. The third kappa shape index (κ3) is 2.99. The zero-order valence-electron chi connectivity index (χ0n) is 12.8. The predicted octanol–water partition coefficient (Wildman–Crippen LogP) is 2.90. The van der Waals surface area contributed by atoms with Gasteiger partial charge in [0.1, 0.15) is 17.0 Å². The monoisotopic (exact) mass is 320 g/mol. The van der Waals surface area contributed by atoms with Crippen LogP contribution in [0.25, 0.3) is 10.2 Å². The van der Waals surface area contributed by atoms with Gasteiger partial charge in [0.05, 0.1) is 12.5 Å². The number of methoxy groups -OCH3 is 1. The van der Waals surface area contributed by atoms with Crippen LogP contribution in [0.2, 0.25) is 0 Å². The van der Waals surface area contributed by atoms with Gasteiger partial charge in [-0.05, 0) is 25.3 Å². The van der Waals surface area contributed by atoms with Gasteiger partial charge < -0.3 is 15.0 Å². The average molecular weight is 320 g/mol. The molecule has 22 heavy (non-hydrogen) atoms. The third-order valence-electron chi connectivity index (χ3n) is 3.92. The van der Waals surface area contributed by atoms with Crippen LogP contribution in [-0.4, -0.2) is 47.2 Å². The molecule has 1 saturated heterocycles. The van der Waals surface area contributed by atoms with E-state index >= 15 is 0 Å². The number of piperidine rings is 1. The smallest absolute Gasteiger partial charge is 0.409 e. The summed E-state index contributed by atoms with van der Waals surface area (Å²) in [6, 6.07) is 2.35. The first kappa shape index (κ1) is 15.0. The minimum atomic E-state index is -0.261. The van der Waals surface area contributed by atoms with Gasteiger partial charge in [-0.3, -0.25) is 0 Å². The molecule has 1 N–H and O–H groups in total. The molecule has 2 aromatic heterocycles. The van der Waals surface area contributed by atoms with Crippen LogP contribution < -0.4 is 5.32 Å². The van der Waals surface area contributed by atoms with Gasteiger partial charge in [-0.15, -0.1) is 11.3 Å². The minimum absolute atomic E-state index is 0.191. The number of anilines is 1. The fraction of sp³-hybridized carbons (Fsp3) is 0.533. The lowest BCUT2D eigenvalue weighted by atomic mass is 10.1. The second-order valence-corrected chi connectivity index (χ2v) is 6.52.